The summed E-state index contributed by atoms with van der Waals surface area (Å²) in [5.74, 6) is -1.81. The summed E-state index contributed by atoms with van der Waals surface area (Å²) in [6.07, 6.45) is 1.41. The van der Waals surface area contributed by atoms with Crippen LogP contribution in [0.4, 0.5) is 0 Å². The predicted molar refractivity (Wildman–Crippen MR) is 115 cm³/mol. The van der Waals surface area contributed by atoms with E-state index in [-0.39, 0.29) is 10.1 Å². The molecule has 1 heterocycles. The summed E-state index contributed by atoms with van der Waals surface area (Å²) in [6.45, 7) is 0. The first kappa shape index (κ1) is 21.8. The number of nitrogens with zero attached hydrogens (tertiary/aromatic N) is 2. The molecule has 1 fully saturated rings. The number of carbonyl (C=O) groups excluding carboxylic acids is 2. The van der Waals surface area contributed by atoms with Crippen molar-refractivity contribution in [3.05, 3.63) is 76.7 Å². The average molecular weight is 439 g/mol. The highest BCUT2D eigenvalue weighted by Crippen LogP contribution is 2.24. The molecular weight excluding hydrogens is 422 g/mol. The van der Waals surface area contributed by atoms with Crippen molar-refractivity contribution in [3.63, 3.8) is 0 Å². The molecule has 1 atom stereocenters. The number of ether oxygens (including phenoxy) is 2. The number of esters is 1. The smallest absolute Gasteiger partial charge is 0.349 e. The average Bonchev–Trinajstić information content (AvgIpc) is 3.12. The van der Waals surface area contributed by atoms with Crippen LogP contribution in [0.3, 0.4) is 0 Å². The second kappa shape index (κ2) is 10.2. The molecule has 0 spiro atoms. The van der Waals surface area contributed by atoms with Crippen molar-refractivity contribution < 1.29 is 29.0 Å². The van der Waals surface area contributed by atoms with Crippen LogP contribution in [0.1, 0.15) is 17.2 Å². The molecule has 0 bridgehead atoms. The third-order valence-electron chi connectivity index (χ3n) is 3.92. The van der Waals surface area contributed by atoms with Crippen LogP contribution in [-0.2, 0) is 19.1 Å². The SMILES string of the molecule is COC(=O)/C=C1/S/C(=N\N=Cc2ccc(OC(C(=O)O)c3ccccc3)cc2)NC1=O. The van der Waals surface area contributed by atoms with E-state index in [4.69, 9.17) is 4.74 Å². The Hall–Kier alpha value is -3.92. The van der Waals surface area contributed by atoms with Crippen molar-refractivity contribution in [2.45, 2.75) is 6.10 Å². The first-order valence-electron chi connectivity index (χ1n) is 8.90. The van der Waals surface area contributed by atoms with Crippen LogP contribution in [0.5, 0.6) is 5.75 Å². The lowest BCUT2D eigenvalue weighted by atomic mass is 10.1. The lowest BCUT2D eigenvalue weighted by molar-refractivity contribution is -0.145. The van der Waals surface area contributed by atoms with Crippen LogP contribution >= 0.6 is 11.8 Å². The minimum absolute atomic E-state index is 0.161. The molecule has 0 saturated carbocycles. The van der Waals surface area contributed by atoms with Gasteiger partial charge in [0.05, 0.1) is 18.2 Å². The Morgan fingerprint density at radius 2 is 1.84 bits per heavy atom. The van der Waals surface area contributed by atoms with Gasteiger partial charge in [0, 0.05) is 11.6 Å². The van der Waals surface area contributed by atoms with Gasteiger partial charge in [-0.1, -0.05) is 30.3 Å². The minimum Gasteiger partial charge on any atom is -0.478 e. The van der Waals surface area contributed by atoms with Crippen molar-refractivity contribution in [1.82, 2.24) is 5.32 Å². The fourth-order valence-corrected chi connectivity index (χ4v) is 3.19. The quantitative estimate of drug-likeness (QED) is 0.294. The van der Waals surface area contributed by atoms with E-state index in [0.717, 1.165) is 17.8 Å². The van der Waals surface area contributed by atoms with Crippen LogP contribution in [0, 0.1) is 0 Å². The van der Waals surface area contributed by atoms with Gasteiger partial charge in [-0.15, -0.1) is 5.10 Å². The van der Waals surface area contributed by atoms with Gasteiger partial charge in [0.1, 0.15) is 5.75 Å². The number of thioether (sulfide) groups is 1. The molecule has 2 N–H and O–H groups in total. The van der Waals surface area contributed by atoms with Crippen molar-refractivity contribution in [3.8, 4) is 5.75 Å². The Morgan fingerprint density at radius 3 is 2.48 bits per heavy atom. The Labute approximate surface area is 181 Å². The molecule has 1 unspecified atom stereocenters. The number of amides is 1. The molecule has 1 aliphatic rings. The summed E-state index contributed by atoms with van der Waals surface area (Å²) in [5, 5.41) is 20.0. The molecule has 1 aliphatic heterocycles. The third-order valence-corrected chi connectivity index (χ3v) is 4.82. The monoisotopic (exact) mass is 439 g/mol. The maximum Gasteiger partial charge on any atom is 0.349 e. The Balaban J connectivity index is 1.63. The van der Waals surface area contributed by atoms with E-state index in [2.05, 4.69) is 20.3 Å². The molecule has 1 saturated heterocycles. The minimum atomic E-state index is -1.12. The molecule has 9 nitrogen and oxygen atoms in total. The Bertz CT molecular complexity index is 1060. The number of aliphatic carboxylic acids is 1. The summed E-state index contributed by atoms with van der Waals surface area (Å²) in [5.41, 5.74) is 1.22. The van der Waals surface area contributed by atoms with E-state index < -0.39 is 23.9 Å². The molecule has 0 aliphatic carbocycles. The fourth-order valence-electron chi connectivity index (χ4n) is 2.45. The summed E-state index contributed by atoms with van der Waals surface area (Å²) in [4.78, 5) is 34.7. The van der Waals surface area contributed by atoms with Gasteiger partial charge < -0.3 is 14.6 Å². The number of benzene rings is 2. The summed E-state index contributed by atoms with van der Waals surface area (Å²) >= 11 is 0.968. The lowest BCUT2D eigenvalue weighted by Crippen LogP contribution is -2.19. The Morgan fingerprint density at radius 1 is 1.13 bits per heavy atom. The van der Waals surface area contributed by atoms with Crippen LogP contribution in [0.15, 0.2) is 75.8 Å². The van der Waals surface area contributed by atoms with E-state index in [1.807, 2.05) is 0 Å². The first-order chi connectivity index (χ1) is 15.0. The van der Waals surface area contributed by atoms with Crippen molar-refractivity contribution in [2.24, 2.45) is 10.2 Å². The molecule has 2 aromatic carbocycles. The number of carboxylic acids is 1. The zero-order valence-corrected chi connectivity index (χ0v) is 17.0. The number of methoxy groups -OCH3 is 1. The first-order valence-corrected chi connectivity index (χ1v) is 9.72. The molecular formula is C21H17N3O6S. The number of hydrogen-bond donors (Lipinski definition) is 2. The number of nitrogens with one attached hydrogen (secondary N) is 1. The van der Waals surface area contributed by atoms with Crippen molar-refractivity contribution in [2.75, 3.05) is 7.11 Å². The molecule has 31 heavy (non-hydrogen) atoms. The van der Waals surface area contributed by atoms with Crippen LogP contribution in [0.2, 0.25) is 0 Å². The van der Waals surface area contributed by atoms with Crippen LogP contribution in [-0.4, -0.2) is 41.4 Å². The van der Waals surface area contributed by atoms with Gasteiger partial charge >= 0.3 is 11.9 Å². The van der Waals surface area contributed by atoms with Gasteiger partial charge in [0.25, 0.3) is 5.91 Å². The molecule has 0 aromatic heterocycles. The molecule has 3 rings (SSSR count). The highest BCUT2D eigenvalue weighted by atomic mass is 32.2. The van der Waals surface area contributed by atoms with E-state index in [1.165, 1.54) is 13.3 Å². The van der Waals surface area contributed by atoms with Gasteiger partial charge in [-0.2, -0.15) is 5.10 Å². The second-order valence-corrected chi connectivity index (χ2v) is 7.08. The highest BCUT2D eigenvalue weighted by molar-refractivity contribution is 8.18. The lowest BCUT2D eigenvalue weighted by Gasteiger charge is -2.15. The van der Waals surface area contributed by atoms with Crippen LogP contribution in [0.25, 0.3) is 0 Å². The van der Waals surface area contributed by atoms with Crippen molar-refractivity contribution >= 4 is 41.0 Å². The number of carboxylic acid groups (broad SMARTS) is 1. The van der Waals surface area contributed by atoms with Crippen LogP contribution < -0.4 is 10.1 Å². The summed E-state index contributed by atoms with van der Waals surface area (Å²) in [7, 11) is 1.22. The van der Waals surface area contributed by atoms with Crippen molar-refractivity contribution in [1.29, 1.82) is 0 Å². The zero-order valence-electron chi connectivity index (χ0n) is 16.2. The molecule has 1 amide bonds. The number of hydrogen-bond acceptors (Lipinski definition) is 8. The summed E-state index contributed by atoms with van der Waals surface area (Å²) in [6, 6.07) is 15.3. The molecule has 2 aromatic rings. The molecule has 10 heteroatoms. The zero-order chi connectivity index (χ0) is 22.2. The summed E-state index contributed by atoms with van der Waals surface area (Å²) < 4.78 is 10.1. The number of carbonyl (C=O) groups is 3. The number of rotatable bonds is 7. The molecule has 158 valence electrons. The van der Waals surface area contributed by atoms with E-state index in [9.17, 15) is 19.5 Å². The largest absolute Gasteiger partial charge is 0.478 e. The number of amidine groups is 1. The highest BCUT2D eigenvalue weighted by Gasteiger charge is 2.25. The fraction of sp³-hybridized carbons (Fsp3) is 0.0952. The Kier molecular flexibility index (Phi) is 7.17. The van der Waals surface area contributed by atoms with Gasteiger partial charge in [-0.05, 0) is 41.6 Å². The predicted octanol–water partition coefficient (Wildman–Crippen LogP) is 2.50. The van der Waals surface area contributed by atoms with E-state index >= 15 is 0 Å². The third kappa shape index (κ3) is 6.03. The maximum absolute atomic E-state index is 11.7. The normalized spacial score (nSPS) is 17.0. The van der Waals surface area contributed by atoms with Gasteiger partial charge in [0.2, 0.25) is 6.10 Å². The van der Waals surface area contributed by atoms with Gasteiger partial charge in [-0.25, -0.2) is 9.59 Å². The second-order valence-electron chi connectivity index (χ2n) is 6.05. The standard InChI is InChI=1S/C21H17N3O6S/c1-29-17(25)11-16-19(26)23-21(31-16)24-22-12-13-7-9-15(10-8-13)30-18(20(27)28)14-5-3-2-4-6-14/h2-12,18H,1H3,(H,27,28)(H,23,24,26)/b16-11+,22-12?. The molecule has 0 radical (unpaired) electrons. The van der Waals surface area contributed by atoms with Gasteiger partial charge in [0.15, 0.2) is 5.17 Å². The van der Waals surface area contributed by atoms with Gasteiger partial charge in [-0.3, -0.25) is 10.1 Å². The maximum atomic E-state index is 11.7. The van der Waals surface area contributed by atoms with E-state index in [1.54, 1.807) is 54.6 Å². The topological polar surface area (TPSA) is 127 Å². The van der Waals surface area contributed by atoms with E-state index in [0.29, 0.717) is 16.9 Å².